The van der Waals surface area contributed by atoms with E-state index >= 15 is 0 Å². The van der Waals surface area contributed by atoms with Crippen molar-refractivity contribution in [1.29, 1.82) is 0 Å². The maximum absolute atomic E-state index is 2.45. The van der Waals surface area contributed by atoms with Crippen molar-refractivity contribution in [3.8, 4) is 0 Å². The maximum Gasteiger partial charge on any atom is 0.0583 e. The van der Waals surface area contributed by atoms with E-state index in [4.69, 9.17) is 0 Å². The number of thioether (sulfide) groups is 2. The summed E-state index contributed by atoms with van der Waals surface area (Å²) < 4.78 is 0.467. The SMILES string of the molecule is CC(C)(C)CCC1(C)SCC(C(C)(C)C)CS1. The van der Waals surface area contributed by atoms with E-state index in [0.29, 0.717) is 14.9 Å². The summed E-state index contributed by atoms with van der Waals surface area (Å²) in [6, 6.07) is 0. The molecule has 2 heteroatoms. The zero-order valence-electron chi connectivity index (χ0n) is 12.7. The van der Waals surface area contributed by atoms with Crippen LogP contribution in [0, 0.1) is 16.7 Å². The van der Waals surface area contributed by atoms with Crippen LogP contribution in [0.2, 0.25) is 0 Å². The van der Waals surface area contributed by atoms with Crippen LogP contribution in [0.25, 0.3) is 0 Å². The fourth-order valence-electron chi connectivity index (χ4n) is 1.89. The number of hydrogen-bond acceptors (Lipinski definition) is 2. The third-order valence-corrected chi connectivity index (χ3v) is 7.21. The molecule has 0 atom stereocenters. The Kier molecular flexibility index (Phi) is 4.97. The second-order valence-corrected chi connectivity index (χ2v) is 11.2. The molecular weight excluding hydrogens is 244 g/mol. The van der Waals surface area contributed by atoms with Crippen molar-refractivity contribution in [1.82, 2.24) is 0 Å². The van der Waals surface area contributed by atoms with Crippen LogP contribution < -0.4 is 0 Å². The van der Waals surface area contributed by atoms with Gasteiger partial charge in [-0.3, -0.25) is 0 Å². The van der Waals surface area contributed by atoms with Crippen LogP contribution in [0.15, 0.2) is 0 Å². The second-order valence-electron chi connectivity index (χ2n) is 7.88. The Bertz CT molecular complexity index is 237. The monoisotopic (exact) mass is 274 g/mol. The summed E-state index contributed by atoms with van der Waals surface area (Å²) in [6.45, 7) is 16.7. The summed E-state index contributed by atoms with van der Waals surface area (Å²) in [7, 11) is 0. The molecule has 1 fully saturated rings. The molecule has 0 aromatic rings. The molecule has 1 saturated heterocycles. The lowest BCUT2D eigenvalue weighted by molar-refractivity contribution is 0.290. The molecule has 0 unspecified atom stereocenters. The molecule has 0 radical (unpaired) electrons. The van der Waals surface area contributed by atoms with Crippen molar-refractivity contribution in [3.63, 3.8) is 0 Å². The van der Waals surface area contributed by atoms with Crippen molar-refractivity contribution in [2.75, 3.05) is 11.5 Å². The standard InChI is InChI=1S/C15H30S2/c1-13(2,3)8-9-15(7)16-10-12(11-17-15)14(4,5)6/h12H,8-11H2,1-7H3. The first-order valence-electron chi connectivity index (χ1n) is 6.80. The molecule has 0 nitrogen and oxygen atoms in total. The van der Waals surface area contributed by atoms with Crippen LogP contribution in [-0.2, 0) is 0 Å². The largest absolute Gasteiger partial charge is 0.144 e. The Morgan fingerprint density at radius 3 is 1.82 bits per heavy atom. The summed E-state index contributed by atoms with van der Waals surface area (Å²) >= 11 is 4.41. The molecule has 102 valence electrons. The predicted molar refractivity (Wildman–Crippen MR) is 85.0 cm³/mol. The molecule has 0 saturated carbocycles. The van der Waals surface area contributed by atoms with E-state index in [-0.39, 0.29) is 0 Å². The molecule has 1 rings (SSSR count). The van der Waals surface area contributed by atoms with Gasteiger partial charge in [-0.05, 0) is 48.0 Å². The van der Waals surface area contributed by atoms with Crippen molar-refractivity contribution in [3.05, 3.63) is 0 Å². The average Bonchev–Trinajstić information content (AvgIpc) is 2.13. The average molecular weight is 275 g/mol. The van der Waals surface area contributed by atoms with Crippen LogP contribution in [0.1, 0.15) is 61.3 Å². The van der Waals surface area contributed by atoms with E-state index in [1.807, 2.05) is 0 Å². The van der Waals surface area contributed by atoms with Gasteiger partial charge in [0, 0.05) is 0 Å². The third-order valence-electron chi connectivity index (χ3n) is 3.73. The highest BCUT2D eigenvalue weighted by Gasteiger charge is 2.37. The molecule has 17 heavy (non-hydrogen) atoms. The van der Waals surface area contributed by atoms with Crippen LogP contribution in [0.4, 0.5) is 0 Å². The van der Waals surface area contributed by atoms with E-state index in [0.717, 1.165) is 5.92 Å². The molecule has 0 spiro atoms. The predicted octanol–water partition coefficient (Wildman–Crippen LogP) is 5.67. The van der Waals surface area contributed by atoms with Gasteiger partial charge in [0.15, 0.2) is 0 Å². The van der Waals surface area contributed by atoms with Gasteiger partial charge in [-0.1, -0.05) is 41.5 Å². The maximum atomic E-state index is 2.45. The van der Waals surface area contributed by atoms with Crippen molar-refractivity contribution in [2.45, 2.75) is 65.4 Å². The first-order chi connectivity index (χ1) is 7.52. The molecule has 1 aliphatic rings. The minimum atomic E-state index is 0.467. The van der Waals surface area contributed by atoms with Gasteiger partial charge in [0.1, 0.15) is 0 Å². The highest BCUT2D eigenvalue weighted by Crippen LogP contribution is 2.51. The van der Waals surface area contributed by atoms with Crippen LogP contribution in [0.3, 0.4) is 0 Å². The van der Waals surface area contributed by atoms with Crippen LogP contribution in [-0.4, -0.2) is 15.6 Å². The summed E-state index contributed by atoms with van der Waals surface area (Å²) in [5.41, 5.74) is 0.955. The van der Waals surface area contributed by atoms with Gasteiger partial charge in [-0.25, -0.2) is 0 Å². The quantitative estimate of drug-likeness (QED) is 0.636. The van der Waals surface area contributed by atoms with Gasteiger partial charge in [-0.15, -0.1) is 23.5 Å². The lowest BCUT2D eigenvalue weighted by Crippen LogP contribution is -2.34. The van der Waals surface area contributed by atoms with Crippen molar-refractivity contribution < 1.29 is 0 Å². The first kappa shape index (κ1) is 15.8. The smallest absolute Gasteiger partial charge is 0.0583 e. The normalized spacial score (nSPS) is 31.6. The van der Waals surface area contributed by atoms with Crippen molar-refractivity contribution >= 4 is 23.5 Å². The zero-order chi connectivity index (χ0) is 13.3. The van der Waals surface area contributed by atoms with Crippen LogP contribution >= 0.6 is 23.5 Å². The number of hydrogen-bond donors (Lipinski definition) is 0. The van der Waals surface area contributed by atoms with Gasteiger partial charge in [0.25, 0.3) is 0 Å². The molecule has 1 heterocycles. The summed E-state index contributed by atoms with van der Waals surface area (Å²) in [5, 5.41) is 0. The summed E-state index contributed by atoms with van der Waals surface area (Å²) in [6.07, 6.45) is 2.69. The van der Waals surface area contributed by atoms with Gasteiger partial charge >= 0.3 is 0 Å². The van der Waals surface area contributed by atoms with E-state index < -0.39 is 0 Å². The van der Waals surface area contributed by atoms with Gasteiger partial charge < -0.3 is 0 Å². The molecule has 0 N–H and O–H groups in total. The second kappa shape index (κ2) is 5.36. The Morgan fingerprint density at radius 1 is 1.00 bits per heavy atom. The van der Waals surface area contributed by atoms with E-state index in [2.05, 4.69) is 72.0 Å². The Morgan fingerprint density at radius 2 is 1.47 bits per heavy atom. The lowest BCUT2D eigenvalue weighted by atomic mass is 9.83. The topological polar surface area (TPSA) is 0 Å². The molecule has 0 aromatic carbocycles. The molecule has 0 aliphatic carbocycles. The van der Waals surface area contributed by atoms with Gasteiger partial charge in [0.2, 0.25) is 0 Å². The van der Waals surface area contributed by atoms with Crippen molar-refractivity contribution in [2.24, 2.45) is 16.7 Å². The Labute approximate surface area is 117 Å². The fourth-order valence-corrected chi connectivity index (χ4v) is 5.62. The van der Waals surface area contributed by atoms with Gasteiger partial charge in [-0.2, -0.15) is 0 Å². The first-order valence-corrected chi connectivity index (χ1v) is 8.77. The lowest BCUT2D eigenvalue weighted by Gasteiger charge is -2.42. The molecule has 0 amide bonds. The zero-order valence-corrected chi connectivity index (χ0v) is 14.4. The van der Waals surface area contributed by atoms with E-state index in [9.17, 15) is 0 Å². The third kappa shape index (κ3) is 5.46. The van der Waals surface area contributed by atoms with E-state index in [1.54, 1.807) is 0 Å². The fraction of sp³-hybridized carbons (Fsp3) is 1.00. The molecule has 0 aromatic heterocycles. The molecule has 0 bridgehead atoms. The molecular formula is C15H30S2. The highest BCUT2D eigenvalue weighted by molar-refractivity contribution is 8.18. The summed E-state index contributed by atoms with van der Waals surface area (Å²) in [5.74, 6) is 3.56. The van der Waals surface area contributed by atoms with Crippen LogP contribution in [0.5, 0.6) is 0 Å². The van der Waals surface area contributed by atoms with E-state index in [1.165, 1.54) is 24.3 Å². The Hall–Kier alpha value is 0.700. The Balaban J connectivity index is 2.44. The highest BCUT2D eigenvalue weighted by atomic mass is 32.2. The minimum absolute atomic E-state index is 0.467. The molecule has 1 aliphatic heterocycles. The number of rotatable bonds is 2. The summed E-state index contributed by atoms with van der Waals surface area (Å²) in [4.78, 5) is 0. The minimum Gasteiger partial charge on any atom is -0.144 e. The van der Waals surface area contributed by atoms with Gasteiger partial charge in [0.05, 0.1) is 4.08 Å².